The molecule has 1 heterocycles. The summed E-state index contributed by atoms with van der Waals surface area (Å²) in [4.78, 5) is 2.49. The Morgan fingerprint density at radius 2 is 2.00 bits per heavy atom. The molecule has 1 N–H and O–H groups in total. The molecule has 0 saturated carbocycles. The van der Waals surface area contributed by atoms with Crippen molar-refractivity contribution in [2.24, 2.45) is 0 Å². The molecule has 3 nitrogen and oxygen atoms in total. The van der Waals surface area contributed by atoms with E-state index < -0.39 is 0 Å². The molecule has 1 aliphatic rings. The number of hydrogen-bond donors (Lipinski definition) is 1. The molecule has 1 aromatic carbocycles. The fourth-order valence-corrected chi connectivity index (χ4v) is 2.87. The number of morpholine rings is 1. The summed E-state index contributed by atoms with van der Waals surface area (Å²) in [5.41, 5.74) is 4.14. The molecule has 0 bridgehead atoms. The summed E-state index contributed by atoms with van der Waals surface area (Å²) < 4.78 is 5.37. The lowest BCUT2D eigenvalue weighted by Gasteiger charge is -2.26. The maximum atomic E-state index is 5.37. The third kappa shape index (κ3) is 4.58. The number of hydrogen-bond acceptors (Lipinski definition) is 3. The van der Waals surface area contributed by atoms with Gasteiger partial charge < -0.3 is 10.1 Å². The van der Waals surface area contributed by atoms with Gasteiger partial charge in [0, 0.05) is 19.1 Å². The summed E-state index contributed by atoms with van der Waals surface area (Å²) >= 11 is 0. The van der Waals surface area contributed by atoms with Gasteiger partial charge in [-0.2, -0.15) is 0 Å². The van der Waals surface area contributed by atoms with E-state index in [0.717, 1.165) is 32.8 Å². The van der Waals surface area contributed by atoms with Crippen LogP contribution in [0.2, 0.25) is 0 Å². The van der Waals surface area contributed by atoms with Gasteiger partial charge in [-0.05, 0) is 51.4 Å². The Hall–Kier alpha value is -0.900. The zero-order valence-corrected chi connectivity index (χ0v) is 13.1. The first kappa shape index (κ1) is 15.5. The Morgan fingerprint density at radius 1 is 1.25 bits per heavy atom. The average molecular weight is 276 g/mol. The number of nitrogens with one attached hydrogen (secondary N) is 1. The van der Waals surface area contributed by atoms with E-state index in [9.17, 15) is 0 Å². The minimum atomic E-state index is 0.431. The van der Waals surface area contributed by atoms with Gasteiger partial charge in [0.25, 0.3) is 0 Å². The van der Waals surface area contributed by atoms with Crippen molar-refractivity contribution in [3.05, 3.63) is 34.9 Å². The van der Waals surface area contributed by atoms with Crippen molar-refractivity contribution in [3.8, 4) is 0 Å². The number of nitrogens with zero attached hydrogens (tertiary/aromatic N) is 1. The van der Waals surface area contributed by atoms with E-state index >= 15 is 0 Å². The van der Waals surface area contributed by atoms with Crippen LogP contribution in [0.15, 0.2) is 18.2 Å². The van der Waals surface area contributed by atoms with Crippen LogP contribution in [0, 0.1) is 13.8 Å². The van der Waals surface area contributed by atoms with Gasteiger partial charge >= 0.3 is 0 Å². The van der Waals surface area contributed by atoms with E-state index in [1.165, 1.54) is 29.7 Å². The molecule has 2 rings (SSSR count). The lowest BCUT2D eigenvalue weighted by molar-refractivity contribution is 0.0374. The minimum absolute atomic E-state index is 0.431. The Morgan fingerprint density at radius 3 is 2.70 bits per heavy atom. The quantitative estimate of drug-likeness (QED) is 0.809. The molecule has 0 radical (unpaired) electrons. The van der Waals surface area contributed by atoms with Gasteiger partial charge in [0.2, 0.25) is 0 Å². The molecule has 112 valence electrons. The summed E-state index contributed by atoms with van der Waals surface area (Å²) in [5, 5.41) is 3.64. The summed E-state index contributed by atoms with van der Waals surface area (Å²) in [5.74, 6) is 0. The predicted octanol–water partition coefficient (Wildman–Crippen LogP) is 2.68. The van der Waals surface area contributed by atoms with Gasteiger partial charge in [-0.15, -0.1) is 0 Å². The molecule has 1 aliphatic heterocycles. The highest BCUT2D eigenvalue weighted by Gasteiger charge is 2.10. The molecule has 0 spiro atoms. The zero-order chi connectivity index (χ0) is 14.4. The Kier molecular flexibility index (Phi) is 6.02. The second-order valence-corrected chi connectivity index (χ2v) is 5.84. The second-order valence-electron chi connectivity index (χ2n) is 5.84. The van der Waals surface area contributed by atoms with E-state index in [-0.39, 0.29) is 0 Å². The van der Waals surface area contributed by atoms with Crippen molar-refractivity contribution in [3.63, 3.8) is 0 Å². The molecule has 0 amide bonds. The first-order valence-corrected chi connectivity index (χ1v) is 7.77. The van der Waals surface area contributed by atoms with Crippen LogP contribution in [0.1, 0.15) is 36.1 Å². The third-order valence-electron chi connectivity index (χ3n) is 4.10. The van der Waals surface area contributed by atoms with Gasteiger partial charge in [-0.3, -0.25) is 4.90 Å². The van der Waals surface area contributed by atoms with E-state index in [0.29, 0.717) is 6.04 Å². The van der Waals surface area contributed by atoms with Gasteiger partial charge in [-0.1, -0.05) is 23.8 Å². The van der Waals surface area contributed by atoms with Crippen LogP contribution in [-0.2, 0) is 4.74 Å². The molecular formula is C17H28N2O. The highest BCUT2D eigenvalue weighted by molar-refractivity contribution is 5.32. The topological polar surface area (TPSA) is 24.5 Å². The van der Waals surface area contributed by atoms with Crippen LogP contribution in [-0.4, -0.2) is 44.3 Å². The van der Waals surface area contributed by atoms with Crippen LogP contribution in [0.25, 0.3) is 0 Å². The SMILES string of the molecule is Cc1ccc(C(C)NCCCN2CCOCC2)c(C)c1. The van der Waals surface area contributed by atoms with E-state index in [1.54, 1.807) is 0 Å². The van der Waals surface area contributed by atoms with E-state index in [4.69, 9.17) is 4.74 Å². The maximum Gasteiger partial charge on any atom is 0.0594 e. The molecule has 1 aromatic rings. The molecule has 20 heavy (non-hydrogen) atoms. The van der Waals surface area contributed by atoms with Crippen molar-refractivity contribution in [2.45, 2.75) is 33.2 Å². The first-order valence-electron chi connectivity index (χ1n) is 7.77. The van der Waals surface area contributed by atoms with Crippen LogP contribution >= 0.6 is 0 Å². The summed E-state index contributed by atoms with van der Waals surface area (Å²) in [6.07, 6.45) is 1.20. The standard InChI is InChI=1S/C17H28N2O/c1-14-5-6-17(15(2)13-14)16(3)18-7-4-8-19-9-11-20-12-10-19/h5-6,13,16,18H,4,7-12H2,1-3H3. The predicted molar refractivity (Wildman–Crippen MR) is 84.2 cm³/mol. The van der Waals surface area contributed by atoms with Gasteiger partial charge in [0.05, 0.1) is 13.2 Å². The minimum Gasteiger partial charge on any atom is -0.379 e. The lowest BCUT2D eigenvalue weighted by Crippen LogP contribution is -2.37. The Balaban J connectivity index is 1.70. The fraction of sp³-hybridized carbons (Fsp3) is 0.647. The first-order chi connectivity index (χ1) is 9.66. The number of rotatable bonds is 6. The van der Waals surface area contributed by atoms with Gasteiger partial charge in [-0.25, -0.2) is 0 Å². The summed E-state index contributed by atoms with van der Waals surface area (Å²) in [6, 6.07) is 7.15. The van der Waals surface area contributed by atoms with Crippen molar-refractivity contribution in [1.82, 2.24) is 10.2 Å². The number of aryl methyl sites for hydroxylation is 2. The number of ether oxygens (including phenoxy) is 1. The second kappa shape index (κ2) is 7.77. The fourth-order valence-electron chi connectivity index (χ4n) is 2.87. The largest absolute Gasteiger partial charge is 0.379 e. The van der Waals surface area contributed by atoms with Crippen molar-refractivity contribution >= 4 is 0 Å². The average Bonchev–Trinajstić information content (AvgIpc) is 2.44. The molecule has 1 atom stereocenters. The maximum absolute atomic E-state index is 5.37. The highest BCUT2D eigenvalue weighted by atomic mass is 16.5. The summed E-state index contributed by atoms with van der Waals surface area (Å²) in [6.45, 7) is 12.8. The molecule has 0 aliphatic carbocycles. The number of benzene rings is 1. The van der Waals surface area contributed by atoms with Crippen molar-refractivity contribution in [2.75, 3.05) is 39.4 Å². The van der Waals surface area contributed by atoms with Crippen LogP contribution in [0.3, 0.4) is 0 Å². The van der Waals surface area contributed by atoms with E-state index in [2.05, 4.69) is 49.2 Å². The molecular weight excluding hydrogens is 248 g/mol. The molecule has 1 saturated heterocycles. The normalized spacial score (nSPS) is 18.1. The van der Waals surface area contributed by atoms with E-state index in [1.807, 2.05) is 0 Å². The van der Waals surface area contributed by atoms with Crippen molar-refractivity contribution < 1.29 is 4.74 Å². The molecule has 0 aromatic heterocycles. The highest BCUT2D eigenvalue weighted by Crippen LogP contribution is 2.18. The third-order valence-corrected chi connectivity index (χ3v) is 4.10. The van der Waals surface area contributed by atoms with Crippen LogP contribution < -0.4 is 5.32 Å². The van der Waals surface area contributed by atoms with Crippen LogP contribution in [0.5, 0.6) is 0 Å². The Labute approximate surface area is 123 Å². The van der Waals surface area contributed by atoms with Gasteiger partial charge in [0.15, 0.2) is 0 Å². The smallest absolute Gasteiger partial charge is 0.0594 e. The van der Waals surface area contributed by atoms with Crippen molar-refractivity contribution in [1.29, 1.82) is 0 Å². The molecule has 1 fully saturated rings. The zero-order valence-electron chi connectivity index (χ0n) is 13.1. The Bertz CT molecular complexity index is 413. The molecule has 1 unspecified atom stereocenters. The monoisotopic (exact) mass is 276 g/mol. The van der Waals surface area contributed by atoms with Gasteiger partial charge in [0.1, 0.15) is 0 Å². The summed E-state index contributed by atoms with van der Waals surface area (Å²) in [7, 11) is 0. The van der Waals surface area contributed by atoms with Crippen LogP contribution in [0.4, 0.5) is 0 Å². The lowest BCUT2D eigenvalue weighted by atomic mass is 10.0. The molecule has 3 heteroatoms.